The maximum atomic E-state index is 11.0. The van der Waals surface area contributed by atoms with Crippen molar-refractivity contribution in [2.24, 2.45) is 0 Å². The Bertz CT molecular complexity index is 599. The van der Waals surface area contributed by atoms with Gasteiger partial charge < -0.3 is 9.97 Å². The van der Waals surface area contributed by atoms with Crippen molar-refractivity contribution in [1.29, 1.82) is 0 Å². The number of H-pyrrole nitrogens is 2. The van der Waals surface area contributed by atoms with Gasteiger partial charge in [-0.25, -0.2) is 4.79 Å². The van der Waals surface area contributed by atoms with E-state index in [2.05, 4.69) is 16.0 Å². The smallest absolute Gasteiger partial charge is 0.313 e. The molecule has 1 aliphatic carbocycles. The van der Waals surface area contributed by atoms with Crippen LogP contribution in [0.5, 0.6) is 0 Å². The Morgan fingerprint density at radius 3 is 3.06 bits per heavy atom. The summed E-state index contributed by atoms with van der Waals surface area (Å²) in [5.74, 6) is 0.468. The molecule has 0 saturated carbocycles. The molecule has 1 atom stereocenters. The van der Waals surface area contributed by atoms with Crippen molar-refractivity contribution < 1.29 is 0 Å². The van der Waals surface area contributed by atoms with Crippen LogP contribution in [0.25, 0.3) is 0 Å². The molecule has 0 amide bonds. The Morgan fingerprint density at radius 1 is 1.41 bits per heavy atom. The summed E-state index contributed by atoms with van der Waals surface area (Å²) < 4.78 is 0. The van der Waals surface area contributed by atoms with Gasteiger partial charge in [0, 0.05) is 16.9 Å². The minimum atomic E-state index is -0.135. The largest absolute Gasteiger partial charge is 0.323 e. The van der Waals surface area contributed by atoms with E-state index in [4.69, 9.17) is 11.6 Å². The number of aromatic nitrogens is 2. The van der Waals surface area contributed by atoms with Gasteiger partial charge in [-0.2, -0.15) is 0 Å². The lowest BCUT2D eigenvalue weighted by Gasteiger charge is -2.10. The van der Waals surface area contributed by atoms with Gasteiger partial charge in [0.2, 0.25) is 0 Å². The SMILES string of the molecule is O=c1[nH]cc(CC2CCc3c(Cl)cccc32)[nH]1. The van der Waals surface area contributed by atoms with E-state index in [9.17, 15) is 4.79 Å². The highest BCUT2D eigenvalue weighted by atomic mass is 35.5. The van der Waals surface area contributed by atoms with E-state index in [1.54, 1.807) is 6.20 Å². The maximum Gasteiger partial charge on any atom is 0.323 e. The molecule has 1 aliphatic rings. The van der Waals surface area contributed by atoms with E-state index in [-0.39, 0.29) is 5.69 Å². The van der Waals surface area contributed by atoms with Crippen molar-refractivity contribution in [1.82, 2.24) is 9.97 Å². The number of hydrogen-bond donors (Lipinski definition) is 2. The molecule has 1 heterocycles. The molecule has 3 rings (SSSR count). The van der Waals surface area contributed by atoms with Crippen molar-refractivity contribution in [2.45, 2.75) is 25.2 Å². The van der Waals surface area contributed by atoms with Gasteiger partial charge in [0.15, 0.2) is 0 Å². The maximum absolute atomic E-state index is 11.0. The van der Waals surface area contributed by atoms with Gasteiger partial charge in [-0.3, -0.25) is 0 Å². The number of imidazole rings is 1. The third-order valence-corrected chi connectivity index (χ3v) is 3.81. The first-order chi connectivity index (χ1) is 8.24. The summed E-state index contributed by atoms with van der Waals surface area (Å²) in [6.07, 6.45) is 4.76. The van der Waals surface area contributed by atoms with Crippen LogP contribution in [0.2, 0.25) is 5.02 Å². The Hall–Kier alpha value is -1.48. The molecule has 88 valence electrons. The molecule has 0 spiro atoms. The van der Waals surface area contributed by atoms with E-state index in [0.717, 1.165) is 30.0 Å². The second-order valence-electron chi connectivity index (χ2n) is 4.52. The molecule has 0 saturated heterocycles. The van der Waals surface area contributed by atoms with Gasteiger partial charge in [-0.1, -0.05) is 23.7 Å². The fourth-order valence-electron chi connectivity index (χ4n) is 2.65. The Balaban J connectivity index is 1.89. The van der Waals surface area contributed by atoms with Crippen LogP contribution >= 0.6 is 11.6 Å². The zero-order chi connectivity index (χ0) is 11.8. The van der Waals surface area contributed by atoms with Gasteiger partial charge >= 0.3 is 5.69 Å². The van der Waals surface area contributed by atoms with E-state index >= 15 is 0 Å². The normalized spacial score (nSPS) is 18.3. The predicted octanol–water partition coefficient (Wildman–Crippen LogP) is 2.63. The Labute approximate surface area is 104 Å². The first kappa shape index (κ1) is 10.7. The van der Waals surface area contributed by atoms with E-state index in [0.29, 0.717) is 5.92 Å². The summed E-state index contributed by atoms with van der Waals surface area (Å²) >= 11 is 6.18. The van der Waals surface area contributed by atoms with Crippen LogP contribution in [-0.2, 0) is 12.8 Å². The van der Waals surface area contributed by atoms with Crippen LogP contribution in [0.15, 0.2) is 29.2 Å². The average Bonchev–Trinajstić information content (AvgIpc) is 2.88. The van der Waals surface area contributed by atoms with E-state index < -0.39 is 0 Å². The number of halogens is 1. The Kier molecular flexibility index (Phi) is 2.56. The van der Waals surface area contributed by atoms with Crippen LogP contribution in [0.3, 0.4) is 0 Å². The summed E-state index contributed by atoms with van der Waals surface area (Å²) in [7, 11) is 0. The highest BCUT2D eigenvalue weighted by molar-refractivity contribution is 6.31. The summed E-state index contributed by atoms with van der Waals surface area (Å²) in [4.78, 5) is 16.5. The fourth-order valence-corrected chi connectivity index (χ4v) is 2.93. The second-order valence-corrected chi connectivity index (χ2v) is 4.92. The van der Waals surface area contributed by atoms with Crippen LogP contribution in [0.4, 0.5) is 0 Å². The minimum Gasteiger partial charge on any atom is -0.313 e. The van der Waals surface area contributed by atoms with Crippen LogP contribution in [0, 0.1) is 0 Å². The second kappa shape index (κ2) is 4.08. The van der Waals surface area contributed by atoms with Crippen LogP contribution < -0.4 is 5.69 Å². The molecule has 2 N–H and O–H groups in total. The van der Waals surface area contributed by atoms with E-state index in [1.807, 2.05) is 12.1 Å². The summed E-state index contributed by atoms with van der Waals surface area (Å²) in [5, 5.41) is 0.868. The zero-order valence-electron chi connectivity index (χ0n) is 9.29. The van der Waals surface area contributed by atoms with Crippen molar-refractivity contribution in [2.75, 3.05) is 0 Å². The molecule has 0 aliphatic heterocycles. The lowest BCUT2D eigenvalue weighted by Crippen LogP contribution is -2.03. The summed E-state index contributed by atoms with van der Waals surface area (Å²) in [5.41, 5.74) is 3.44. The number of hydrogen-bond acceptors (Lipinski definition) is 1. The van der Waals surface area contributed by atoms with Crippen molar-refractivity contribution in [3.63, 3.8) is 0 Å². The highest BCUT2D eigenvalue weighted by Crippen LogP contribution is 2.38. The molecular formula is C13H13ClN2O. The van der Waals surface area contributed by atoms with Gasteiger partial charge in [0.1, 0.15) is 0 Å². The third kappa shape index (κ3) is 1.91. The quantitative estimate of drug-likeness (QED) is 0.843. The van der Waals surface area contributed by atoms with Crippen LogP contribution in [0.1, 0.15) is 29.2 Å². The predicted molar refractivity (Wildman–Crippen MR) is 67.6 cm³/mol. The molecule has 0 radical (unpaired) electrons. The zero-order valence-corrected chi connectivity index (χ0v) is 10.1. The fraction of sp³-hybridized carbons (Fsp3) is 0.308. The number of aromatic amines is 2. The lowest BCUT2D eigenvalue weighted by atomic mass is 9.96. The molecular weight excluding hydrogens is 236 g/mol. The molecule has 2 aromatic rings. The molecule has 0 bridgehead atoms. The van der Waals surface area contributed by atoms with Crippen molar-refractivity contribution >= 4 is 11.6 Å². The highest BCUT2D eigenvalue weighted by Gasteiger charge is 2.24. The van der Waals surface area contributed by atoms with Gasteiger partial charge in [0.05, 0.1) is 0 Å². The van der Waals surface area contributed by atoms with Crippen molar-refractivity contribution in [3.8, 4) is 0 Å². The third-order valence-electron chi connectivity index (χ3n) is 3.46. The number of fused-ring (bicyclic) bond motifs is 1. The number of nitrogens with one attached hydrogen (secondary N) is 2. The molecule has 1 aromatic carbocycles. The van der Waals surface area contributed by atoms with Crippen molar-refractivity contribution in [3.05, 3.63) is 56.7 Å². The van der Waals surface area contributed by atoms with Crippen LogP contribution in [-0.4, -0.2) is 9.97 Å². The standard InChI is InChI=1S/C13H13ClN2O/c14-12-3-1-2-10-8(4-5-11(10)12)6-9-7-15-13(17)16-9/h1-3,7-8H,4-6H2,(H2,15,16,17). The Morgan fingerprint density at radius 2 is 2.29 bits per heavy atom. The average molecular weight is 249 g/mol. The van der Waals surface area contributed by atoms with E-state index in [1.165, 1.54) is 11.1 Å². The molecule has 4 heteroatoms. The topological polar surface area (TPSA) is 48.6 Å². The number of rotatable bonds is 2. The summed E-state index contributed by atoms with van der Waals surface area (Å²) in [6.45, 7) is 0. The lowest BCUT2D eigenvalue weighted by molar-refractivity contribution is 0.665. The molecule has 3 nitrogen and oxygen atoms in total. The molecule has 0 fully saturated rings. The van der Waals surface area contributed by atoms with Gasteiger partial charge in [-0.05, 0) is 42.4 Å². The van der Waals surface area contributed by atoms with Gasteiger partial charge in [0.25, 0.3) is 0 Å². The monoisotopic (exact) mass is 248 g/mol. The molecule has 17 heavy (non-hydrogen) atoms. The summed E-state index contributed by atoms with van der Waals surface area (Å²) in [6, 6.07) is 6.09. The van der Waals surface area contributed by atoms with Gasteiger partial charge in [-0.15, -0.1) is 0 Å². The first-order valence-corrected chi connectivity index (χ1v) is 6.15. The first-order valence-electron chi connectivity index (χ1n) is 5.78. The molecule has 1 unspecified atom stereocenters. The molecule has 1 aromatic heterocycles. The minimum absolute atomic E-state index is 0.135. The number of benzene rings is 1.